The number of carbonyl (C=O) groups excluding carboxylic acids is 1. The van der Waals surface area contributed by atoms with Crippen molar-refractivity contribution in [3.05, 3.63) is 59.7 Å². The lowest BCUT2D eigenvalue weighted by molar-refractivity contribution is -0.111. The average Bonchev–Trinajstić information content (AvgIpc) is 2.55. The summed E-state index contributed by atoms with van der Waals surface area (Å²) in [6.07, 6.45) is 3.25. The number of hydrogen-bond donors (Lipinski definition) is 1. The van der Waals surface area contributed by atoms with Crippen LogP contribution in [0.5, 0.6) is 11.5 Å². The molecule has 4 nitrogen and oxygen atoms in total. The second kappa shape index (κ2) is 8.03. The summed E-state index contributed by atoms with van der Waals surface area (Å²) in [7, 11) is 1.58. The first-order valence-electron chi connectivity index (χ1n) is 7.49. The lowest BCUT2D eigenvalue weighted by Crippen LogP contribution is -2.09. The van der Waals surface area contributed by atoms with E-state index < -0.39 is 0 Å². The molecule has 0 atom stereocenters. The van der Waals surface area contributed by atoms with Gasteiger partial charge in [-0.1, -0.05) is 18.2 Å². The van der Waals surface area contributed by atoms with Gasteiger partial charge in [0.05, 0.1) is 19.4 Å². The Kier molecular flexibility index (Phi) is 5.80. The first-order valence-corrected chi connectivity index (χ1v) is 7.49. The number of ether oxygens (including phenoxy) is 2. The maximum Gasteiger partial charge on any atom is 0.248 e. The molecule has 0 bridgehead atoms. The van der Waals surface area contributed by atoms with E-state index in [9.17, 15) is 4.79 Å². The van der Waals surface area contributed by atoms with Gasteiger partial charge in [0.15, 0.2) is 0 Å². The van der Waals surface area contributed by atoms with Gasteiger partial charge in [0.25, 0.3) is 0 Å². The van der Waals surface area contributed by atoms with Crippen molar-refractivity contribution < 1.29 is 14.3 Å². The number of anilines is 1. The normalized spacial score (nSPS) is 10.6. The molecule has 1 amide bonds. The van der Waals surface area contributed by atoms with Crippen LogP contribution in [-0.2, 0) is 4.79 Å². The van der Waals surface area contributed by atoms with Crippen molar-refractivity contribution in [2.75, 3.05) is 19.0 Å². The molecule has 0 radical (unpaired) electrons. The third-order valence-corrected chi connectivity index (χ3v) is 3.23. The topological polar surface area (TPSA) is 47.6 Å². The van der Waals surface area contributed by atoms with E-state index in [0.717, 1.165) is 16.9 Å². The quantitative estimate of drug-likeness (QED) is 0.819. The molecule has 0 aromatic heterocycles. The molecular formula is C19H21NO3. The van der Waals surface area contributed by atoms with Gasteiger partial charge in [0.2, 0.25) is 5.91 Å². The molecule has 2 aromatic carbocycles. The fourth-order valence-corrected chi connectivity index (χ4v) is 2.11. The highest BCUT2D eigenvalue weighted by Gasteiger charge is 2.05. The lowest BCUT2D eigenvalue weighted by atomic mass is 10.2. The van der Waals surface area contributed by atoms with Crippen LogP contribution in [0.1, 0.15) is 18.1 Å². The Bertz CT molecular complexity index is 690. The van der Waals surface area contributed by atoms with Gasteiger partial charge >= 0.3 is 0 Å². The first-order chi connectivity index (χ1) is 11.1. The monoisotopic (exact) mass is 311 g/mol. The van der Waals surface area contributed by atoms with Gasteiger partial charge in [-0.05, 0) is 55.3 Å². The van der Waals surface area contributed by atoms with Crippen molar-refractivity contribution in [2.24, 2.45) is 0 Å². The molecule has 0 fully saturated rings. The summed E-state index contributed by atoms with van der Waals surface area (Å²) in [4.78, 5) is 12.1. The molecule has 4 heteroatoms. The molecule has 0 saturated heterocycles. The maximum absolute atomic E-state index is 12.1. The zero-order valence-corrected chi connectivity index (χ0v) is 13.6. The number of methoxy groups -OCH3 is 1. The molecule has 120 valence electrons. The van der Waals surface area contributed by atoms with E-state index in [1.807, 2.05) is 56.3 Å². The standard InChI is InChI=1S/C19H21NO3/c1-4-23-16-9-6-15(7-10-16)8-12-19(21)20-17-13-14(2)5-11-18(17)22-3/h5-13H,4H2,1-3H3,(H,20,21). The van der Waals surface area contributed by atoms with Gasteiger partial charge in [-0.2, -0.15) is 0 Å². The number of amides is 1. The predicted molar refractivity (Wildman–Crippen MR) is 93.0 cm³/mol. The molecule has 0 aliphatic carbocycles. The van der Waals surface area contributed by atoms with Crippen molar-refractivity contribution in [2.45, 2.75) is 13.8 Å². The molecular weight excluding hydrogens is 290 g/mol. The van der Waals surface area contributed by atoms with Crippen LogP contribution in [0, 0.1) is 6.92 Å². The first kappa shape index (κ1) is 16.6. The van der Waals surface area contributed by atoms with Crippen LogP contribution >= 0.6 is 0 Å². The average molecular weight is 311 g/mol. The number of benzene rings is 2. The van der Waals surface area contributed by atoms with E-state index in [0.29, 0.717) is 18.0 Å². The summed E-state index contributed by atoms with van der Waals surface area (Å²) < 4.78 is 10.6. The van der Waals surface area contributed by atoms with Gasteiger partial charge < -0.3 is 14.8 Å². The zero-order chi connectivity index (χ0) is 16.7. The molecule has 2 rings (SSSR count). The van der Waals surface area contributed by atoms with E-state index in [-0.39, 0.29) is 5.91 Å². The van der Waals surface area contributed by atoms with Crippen LogP contribution in [0.4, 0.5) is 5.69 Å². The minimum atomic E-state index is -0.206. The number of aryl methyl sites for hydroxylation is 1. The number of carbonyl (C=O) groups is 1. The van der Waals surface area contributed by atoms with E-state index in [1.54, 1.807) is 13.2 Å². The Balaban J connectivity index is 2.03. The second-order valence-corrected chi connectivity index (χ2v) is 5.03. The number of nitrogens with one attached hydrogen (secondary N) is 1. The second-order valence-electron chi connectivity index (χ2n) is 5.03. The maximum atomic E-state index is 12.1. The van der Waals surface area contributed by atoms with Crippen LogP contribution in [-0.4, -0.2) is 19.6 Å². The van der Waals surface area contributed by atoms with Crippen LogP contribution in [0.15, 0.2) is 48.5 Å². The van der Waals surface area contributed by atoms with E-state index in [4.69, 9.17) is 9.47 Å². The van der Waals surface area contributed by atoms with Crippen LogP contribution in [0.25, 0.3) is 6.08 Å². The Hall–Kier alpha value is -2.75. The highest BCUT2D eigenvalue weighted by Crippen LogP contribution is 2.25. The number of rotatable bonds is 6. The third-order valence-electron chi connectivity index (χ3n) is 3.23. The molecule has 0 unspecified atom stereocenters. The van der Waals surface area contributed by atoms with Gasteiger partial charge in [-0.25, -0.2) is 0 Å². The highest BCUT2D eigenvalue weighted by atomic mass is 16.5. The lowest BCUT2D eigenvalue weighted by Gasteiger charge is -2.09. The number of hydrogen-bond acceptors (Lipinski definition) is 3. The summed E-state index contributed by atoms with van der Waals surface area (Å²) in [6.45, 7) is 4.54. The summed E-state index contributed by atoms with van der Waals surface area (Å²) in [6, 6.07) is 13.2. The Labute approximate surface area is 136 Å². The summed E-state index contributed by atoms with van der Waals surface area (Å²) in [5.74, 6) is 1.25. The van der Waals surface area contributed by atoms with Crippen LogP contribution in [0.2, 0.25) is 0 Å². The van der Waals surface area contributed by atoms with Crippen LogP contribution < -0.4 is 14.8 Å². The van der Waals surface area contributed by atoms with Crippen molar-refractivity contribution in [3.8, 4) is 11.5 Å². The fraction of sp³-hybridized carbons (Fsp3) is 0.211. The molecule has 0 saturated carbocycles. The van der Waals surface area contributed by atoms with E-state index in [2.05, 4.69) is 5.32 Å². The molecule has 1 N–H and O–H groups in total. The minimum absolute atomic E-state index is 0.206. The molecule has 2 aromatic rings. The van der Waals surface area contributed by atoms with Crippen LogP contribution in [0.3, 0.4) is 0 Å². The summed E-state index contributed by atoms with van der Waals surface area (Å²) >= 11 is 0. The molecule has 0 heterocycles. The fourth-order valence-electron chi connectivity index (χ4n) is 2.11. The highest BCUT2D eigenvalue weighted by molar-refractivity contribution is 6.02. The smallest absolute Gasteiger partial charge is 0.248 e. The molecule has 0 aliphatic heterocycles. The SMILES string of the molecule is CCOc1ccc(C=CC(=O)Nc2cc(C)ccc2OC)cc1. The molecule has 0 spiro atoms. The Morgan fingerprint density at radius 2 is 1.91 bits per heavy atom. The van der Waals surface area contributed by atoms with Crippen molar-refractivity contribution >= 4 is 17.7 Å². The molecule has 0 aliphatic rings. The summed E-state index contributed by atoms with van der Waals surface area (Å²) in [5.41, 5.74) is 2.64. The Morgan fingerprint density at radius 1 is 1.17 bits per heavy atom. The molecule has 23 heavy (non-hydrogen) atoms. The largest absolute Gasteiger partial charge is 0.495 e. The van der Waals surface area contributed by atoms with Crippen molar-refractivity contribution in [3.63, 3.8) is 0 Å². The van der Waals surface area contributed by atoms with Gasteiger partial charge in [0.1, 0.15) is 11.5 Å². The minimum Gasteiger partial charge on any atom is -0.495 e. The summed E-state index contributed by atoms with van der Waals surface area (Å²) in [5, 5.41) is 2.83. The zero-order valence-electron chi connectivity index (χ0n) is 13.6. The third kappa shape index (κ3) is 4.88. The van der Waals surface area contributed by atoms with Crippen molar-refractivity contribution in [1.29, 1.82) is 0 Å². The predicted octanol–water partition coefficient (Wildman–Crippen LogP) is 4.05. The van der Waals surface area contributed by atoms with Crippen molar-refractivity contribution in [1.82, 2.24) is 0 Å². The van der Waals surface area contributed by atoms with Gasteiger partial charge in [0, 0.05) is 6.08 Å². The van der Waals surface area contributed by atoms with Gasteiger partial charge in [-0.15, -0.1) is 0 Å². The van der Waals surface area contributed by atoms with Gasteiger partial charge in [-0.3, -0.25) is 4.79 Å². The van der Waals surface area contributed by atoms with E-state index >= 15 is 0 Å². The Morgan fingerprint density at radius 3 is 2.57 bits per heavy atom. The van der Waals surface area contributed by atoms with E-state index in [1.165, 1.54) is 6.08 Å².